The number of aromatic nitrogens is 2. The van der Waals surface area contributed by atoms with Crippen molar-refractivity contribution in [2.24, 2.45) is 5.73 Å². The molecule has 1 aromatic heterocycles. The standard InChI is InChI=1S/C16H22N4/c1-2-5-14-11-16(19-12-18-14)20-15-8-3-6-13(10-15)7-4-9-17/h3,6,8,10-12H,2,4-5,7,9,17H2,1H3,(H,18,19,20). The molecule has 3 N–H and O–H groups in total. The SMILES string of the molecule is CCCc1cc(Nc2cccc(CCCN)c2)ncn1. The van der Waals surface area contributed by atoms with E-state index in [9.17, 15) is 0 Å². The molecule has 0 radical (unpaired) electrons. The number of hydrogen-bond donors (Lipinski definition) is 2. The lowest BCUT2D eigenvalue weighted by molar-refractivity contribution is 0.833. The van der Waals surface area contributed by atoms with Gasteiger partial charge in [-0.15, -0.1) is 0 Å². The summed E-state index contributed by atoms with van der Waals surface area (Å²) in [5, 5.41) is 3.34. The Labute approximate surface area is 120 Å². The summed E-state index contributed by atoms with van der Waals surface area (Å²) in [6.45, 7) is 2.88. The van der Waals surface area contributed by atoms with Gasteiger partial charge in [0.15, 0.2) is 0 Å². The summed E-state index contributed by atoms with van der Waals surface area (Å²) in [5.74, 6) is 0.847. The number of aryl methyl sites for hydroxylation is 2. The summed E-state index contributed by atoms with van der Waals surface area (Å²) in [6.07, 6.45) is 5.71. The Morgan fingerprint density at radius 2 is 2.05 bits per heavy atom. The molecule has 0 amide bonds. The van der Waals surface area contributed by atoms with E-state index in [1.807, 2.05) is 12.1 Å². The zero-order chi connectivity index (χ0) is 14.2. The van der Waals surface area contributed by atoms with Gasteiger partial charge in [0.25, 0.3) is 0 Å². The average Bonchev–Trinajstić information content (AvgIpc) is 2.46. The first-order valence-electron chi connectivity index (χ1n) is 7.18. The van der Waals surface area contributed by atoms with E-state index in [-0.39, 0.29) is 0 Å². The second-order valence-electron chi connectivity index (χ2n) is 4.86. The summed E-state index contributed by atoms with van der Waals surface area (Å²) >= 11 is 0. The lowest BCUT2D eigenvalue weighted by atomic mass is 10.1. The van der Waals surface area contributed by atoms with Gasteiger partial charge in [0.2, 0.25) is 0 Å². The van der Waals surface area contributed by atoms with E-state index in [0.717, 1.165) is 49.4 Å². The Bertz CT molecular complexity index is 540. The molecule has 4 heteroatoms. The molecule has 0 saturated heterocycles. The number of nitrogens with one attached hydrogen (secondary N) is 1. The molecule has 0 aliphatic carbocycles. The molecule has 0 saturated carbocycles. The minimum atomic E-state index is 0.726. The predicted molar refractivity (Wildman–Crippen MR) is 83.1 cm³/mol. The van der Waals surface area contributed by atoms with Crippen LogP contribution >= 0.6 is 0 Å². The normalized spacial score (nSPS) is 10.5. The zero-order valence-corrected chi connectivity index (χ0v) is 12.0. The van der Waals surface area contributed by atoms with Gasteiger partial charge in [-0.25, -0.2) is 9.97 Å². The molecular formula is C16H22N4. The van der Waals surface area contributed by atoms with Gasteiger partial charge < -0.3 is 11.1 Å². The zero-order valence-electron chi connectivity index (χ0n) is 12.0. The minimum Gasteiger partial charge on any atom is -0.340 e. The van der Waals surface area contributed by atoms with Gasteiger partial charge >= 0.3 is 0 Å². The van der Waals surface area contributed by atoms with Crippen molar-refractivity contribution in [2.75, 3.05) is 11.9 Å². The Morgan fingerprint density at radius 3 is 2.85 bits per heavy atom. The second-order valence-corrected chi connectivity index (χ2v) is 4.86. The molecule has 2 rings (SSSR count). The molecule has 0 fully saturated rings. The summed E-state index contributed by atoms with van der Waals surface area (Å²) < 4.78 is 0. The van der Waals surface area contributed by atoms with Crippen LogP contribution in [0.3, 0.4) is 0 Å². The lowest BCUT2D eigenvalue weighted by Crippen LogP contribution is -2.01. The molecule has 1 aromatic carbocycles. The molecule has 2 aromatic rings. The number of hydrogen-bond acceptors (Lipinski definition) is 4. The maximum absolute atomic E-state index is 5.55. The van der Waals surface area contributed by atoms with Crippen LogP contribution in [0.5, 0.6) is 0 Å². The van der Waals surface area contributed by atoms with E-state index in [0.29, 0.717) is 0 Å². The van der Waals surface area contributed by atoms with Crippen LogP contribution in [0.2, 0.25) is 0 Å². The van der Waals surface area contributed by atoms with Crippen LogP contribution in [0.4, 0.5) is 11.5 Å². The molecule has 0 bridgehead atoms. The highest BCUT2D eigenvalue weighted by Gasteiger charge is 2.00. The van der Waals surface area contributed by atoms with Crippen LogP contribution in [0, 0.1) is 0 Å². The van der Waals surface area contributed by atoms with Gasteiger partial charge in [-0.1, -0.05) is 25.5 Å². The Morgan fingerprint density at radius 1 is 1.15 bits per heavy atom. The first kappa shape index (κ1) is 14.5. The van der Waals surface area contributed by atoms with Crippen LogP contribution < -0.4 is 11.1 Å². The molecule has 0 atom stereocenters. The van der Waals surface area contributed by atoms with Gasteiger partial charge in [-0.05, 0) is 43.5 Å². The fraction of sp³-hybridized carbons (Fsp3) is 0.375. The topological polar surface area (TPSA) is 63.8 Å². The van der Waals surface area contributed by atoms with Gasteiger partial charge in [-0.3, -0.25) is 0 Å². The average molecular weight is 270 g/mol. The Balaban J connectivity index is 2.07. The van der Waals surface area contributed by atoms with Crippen LogP contribution in [-0.2, 0) is 12.8 Å². The maximum Gasteiger partial charge on any atom is 0.133 e. The minimum absolute atomic E-state index is 0.726. The Hall–Kier alpha value is -1.94. The third-order valence-electron chi connectivity index (χ3n) is 3.10. The van der Waals surface area contributed by atoms with Gasteiger partial charge in [-0.2, -0.15) is 0 Å². The van der Waals surface area contributed by atoms with Crippen LogP contribution in [0.15, 0.2) is 36.7 Å². The van der Waals surface area contributed by atoms with Crippen molar-refractivity contribution in [2.45, 2.75) is 32.6 Å². The smallest absolute Gasteiger partial charge is 0.133 e. The summed E-state index contributed by atoms with van der Waals surface area (Å²) in [4.78, 5) is 8.53. The number of rotatable bonds is 7. The van der Waals surface area contributed by atoms with E-state index >= 15 is 0 Å². The number of benzene rings is 1. The van der Waals surface area contributed by atoms with Crippen LogP contribution in [0.25, 0.3) is 0 Å². The van der Waals surface area contributed by atoms with Crippen LogP contribution in [0.1, 0.15) is 31.0 Å². The van der Waals surface area contributed by atoms with E-state index in [1.54, 1.807) is 6.33 Å². The molecule has 0 spiro atoms. The number of nitrogens with zero attached hydrogens (tertiary/aromatic N) is 2. The fourth-order valence-electron chi connectivity index (χ4n) is 2.12. The lowest BCUT2D eigenvalue weighted by Gasteiger charge is -2.08. The largest absolute Gasteiger partial charge is 0.340 e. The van der Waals surface area contributed by atoms with Crippen molar-refractivity contribution in [1.82, 2.24) is 9.97 Å². The molecule has 1 heterocycles. The predicted octanol–water partition coefficient (Wildman–Crippen LogP) is 3.06. The van der Waals surface area contributed by atoms with E-state index in [1.165, 1.54) is 5.56 Å². The van der Waals surface area contributed by atoms with Crippen molar-refractivity contribution < 1.29 is 0 Å². The van der Waals surface area contributed by atoms with Gasteiger partial charge in [0.05, 0.1) is 0 Å². The second kappa shape index (κ2) is 7.60. The summed E-state index contributed by atoms with van der Waals surface area (Å²) in [6, 6.07) is 10.4. The first-order chi connectivity index (χ1) is 9.81. The highest BCUT2D eigenvalue weighted by Crippen LogP contribution is 2.17. The van der Waals surface area contributed by atoms with Crippen molar-refractivity contribution >= 4 is 11.5 Å². The third kappa shape index (κ3) is 4.31. The first-order valence-corrected chi connectivity index (χ1v) is 7.18. The molecular weight excluding hydrogens is 248 g/mol. The van der Waals surface area contributed by atoms with Crippen molar-refractivity contribution in [3.8, 4) is 0 Å². The van der Waals surface area contributed by atoms with Gasteiger partial charge in [0.1, 0.15) is 12.1 Å². The van der Waals surface area contributed by atoms with E-state index in [4.69, 9.17) is 5.73 Å². The van der Waals surface area contributed by atoms with Crippen molar-refractivity contribution in [3.63, 3.8) is 0 Å². The molecule has 0 aliphatic rings. The Kier molecular flexibility index (Phi) is 5.50. The molecule has 106 valence electrons. The van der Waals surface area contributed by atoms with Crippen molar-refractivity contribution in [3.05, 3.63) is 47.9 Å². The van der Waals surface area contributed by atoms with E-state index in [2.05, 4.69) is 40.4 Å². The molecule has 0 aliphatic heterocycles. The fourth-order valence-corrected chi connectivity index (χ4v) is 2.12. The summed E-state index contributed by atoms with van der Waals surface area (Å²) in [7, 11) is 0. The maximum atomic E-state index is 5.55. The van der Waals surface area contributed by atoms with Crippen molar-refractivity contribution in [1.29, 1.82) is 0 Å². The van der Waals surface area contributed by atoms with Crippen LogP contribution in [-0.4, -0.2) is 16.5 Å². The summed E-state index contributed by atoms with van der Waals surface area (Å²) in [5.41, 5.74) is 8.97. The van der Waals surface area contributed by atoms with E-state index < -0.39 is 0 Å². The molecule has 0 unspecified atom stereocenters. The highest BCUT2D eigenvalue weighted by molar-refractivity contribution is 5.57. The number of anilines is 2. The third-order valence-corrected chi connectivity index (χ3v) is 3.10. The quantitative estimate of drug-likeness (QED) is 0.811. The molecule has 20 heavy (non-hydrogen) atoms. The monoisotopic (exact) mass is 270 g/mol. The molecule has 4 nitrogen and oxygen atoms in total. The highest BCUT2D eigenvalue weighted by atomic mass is 15.0. The number of nitrogens with two attached hydrogens (primary N) is 1. The van der Waals surface area contributed by atoms with Gasteiger partial charge in [0, 0.05) is 17.4 Å².